The maximum absolute atomic E-state index is 12.4. The van der Waals surface area contributed by atoms with E-state index < -0.39 is 0 Å². The minimum Gasteiger partial charge on any atom is -1.00 e. The Kier molecular flexibility index (Phi) is 77.0. The number of methoxy groups -OCH3 is 1. The van der Waals surface area contributed by atoms with Crippen molar-refractivity contribution in [3.05, 3.63) is 28.0 Å². The van der Waals surface area contributed by atoms with Crippen molar-refractivity contribution < 1.29 is 150 Å². The zero-order chi connectivity index (χ0) is 73.7. The van der Waals surface area contributed by atoms with Gasteiger partial charge in [-0.15, -0.1) is 0 Å². The van der Waals surface area contributed by atoms with Crippen molar-refractivity contribution in [2.75, 3.05) is 331 Å². The van der Waals surface area contributed by atoms with E-state index in [1.807, 2.05) is 19.1 Å². The summed E-state index contributed by atoms with van der Waals surface area (Å²) < 4.78 is 141. The maximum Gasteiger partial charge on any atom is 0.305 e. The highest BCUT2D eigenvalue weighted by Crippen LogP contribution is 2.28. The number of carbonyl (C=O) groups is 2. The van der Waals surface area contributed by atoms with Crippen LogP contribution in [0.15, 0.2) is 12.1 Å². The Morgan fingerprint density at radius 3 is 0.904 bits per heavy atom. The van der Waals surface area contributed by atoms with Gasteiger partial charge in [-0.25, -0.2) is 9.13 Å². The summed E-state index contributed by atoms with van der Waals surface area (Å²) in [7, 11) is 1.64. The van der Waals surface area contributed by atoms with Crippen LogP contribution in [0.4, 0.5) is 0 Å². The number of unbranched alkanes of at least 4 members (excludes halogenated alkanes) is 4. The molecule has 2 aromatic rings. The van der Waals surface area contributed by atoms with Gasteiger partial charge in [0.05, 0.1) is 340 Å². The Morgan fingerprint density at radius 2 is 0.615 bits per heavy atom. The molecule has 0 unspecified atom stereocenters. The van der Waals surface area contributed by atoms with Crippen LogP contribution in [0.2, 0.25) is 10.0 Å². The van der Waals surface area contributed by atoms with Gasteiger partial charge in [0.15, 0.2) is 11.0 Å². The van der Waals surface area contributed by atoms with Gasteiger partial charge in [0, 0.05) is 45.6 Å². The van der Waals surface area contributed by atoms with Gasteiger partial charge in [-0.3, -0.25) is 9.59 Å². The lowest BCUT2D eigenvalue weighted by Gasteiger charge is -2.09. The minimum absolute atomic E-state index is 0. The number of ether oxygens (including phenoxy) is 25. The molecule has 1 amide bonds. The van der Waals surface area contributed by atoms with Gasteiger partial charge in [-0.1, -0.05) is 23.2 Å². The van der Waals surface area contributed by atoms with Crippen molar-refractivity contribution in [3.63, 3.8) is 0 Å². The van der Waals surface area contributed by atoms with Crippen LogP contribution in [0.5, 0.6) is 0 Å². The molecule has 33 heteroatoms. The number of rotatable bonds is 85. The first kappa shape index (κ1) is 99.7. The lowest BCUT2D eigenvalue weighted by atomic mass is 10.2. The molecular weight excluding hydrogens is 1480 g/mol. The molecule has 612 valence electrons. The summed E-state index contributed by atoms with van der Waals surface area (Å²) in [5.41, 5.74) is 2.08. The maximum atomic E-state index is 12.4. The fraction of sp³-hybridized carbons (Fsp3) is 0.873. The van der Waals surface area contributed by atoms with Gasteiger partial charge in [0.25, 0.3) is 5.82 Å². The van der Waals surface area contributed by atoms with E-state index in [0.717, 1.165) is 68.5 Å². The molecule has 0 aliphatic heterocycles. The number of esters is 1. The molecule has 1 N–H and O–H groups in total. The molecule has 0 saturated carbocycles. The van der Waals surface area contributed by atoms with Crippen LogP contribution < -0.4 is 26.9 Å². The Morgan fingerprint density at radius 1 is 0.356 bits per heavy atom. The van der Waals surface area contributed by atoms with Gasteiger partial charge in [-0.05, 0) is 45.4 Å². The third-order valence-corrected chi connectivity index (χ3v) is 15.1. The van der Waals surface area contributed by atoms with Crippen molar-refractivity contribution in [1.29, 1.82) is 0 Å². The SMILES string of the molecule is CCOC(=O)CCCCCn1c(C)[n+](CCCCCC(=O)NCCOCCOCCOCCOCCOCCOCCOCCOCCOCCOCCOCCOCCOCCOCCOCCOCCOCCOCCOCCOCCOCCOCCOCCOC)c2cc(Cl)c(Cl)cc21.[Br-]. The van der Waals surface area contributed by atoms with Crippen LogP contribution in [0, 0.1) is 6.92 Å². The lowest BCUT2D eigenvalue weighted by molar-refractivity contribution is -0.678. The average molecular weight is 1610 g/mol. The predicted octanol–water partition coefficient (Wildman–Crippen LogP) is 2.38. The number of hydrogen-bond donors (Lipinski definition) is 1. The first-order chi connectivity index (χ1) is 50.9. The van der Waals surface area contributed by atoms with Gasteiger partial charge in [0.2, 0.25) is 5.91 Å². The van der Waals surface area contributed by atoms with Crippen LogP contribution in [0.3, 0.4) is 0 Å². The summed E-state index contributed by atoms with van der Waals surface area (Å²) in [6.07, 6.45) is 6.16. The van der Waals surface area contributed by atoms with E-state index in [2.05, 4.69) is 21.4 Å². The zero-order valence-corrected chi connectivity index (χ0v) is 66.0. The first-order valence-electron chi connectivity index (χ1n) is 37.0. The third-order valence-electron chi connectivity index (χ3n) is 14.4. The summed E-state index contributed by atoms with van der Waals surface area (Å²) in [4.78, 5) is 24.1. The number of aryl methyl sites for hydroxylation is 2. The van der Waals surface area contributed by atoms with E-state index in [-0.39, 0.29) is 28.9 Å². The van der Waals surface area contributed by atoms with Crippen LogP contribution in [0.25, 0.3) is 11.0 Å². The highest BCUT2D eigenvalue weighted by molar-refractivity contribution is 6.42. The van der Waals surface area contributed by atoms with Crippen molar-refractivity contribution in [2.24, 2.45) is 0 Å². The summed E-state index contributed by atoms with van der Waals surface area (Å²) in [5.74, 6) is 0.992. The monoisotopic (exact) mass is 1610 g/mol. The molecule has 0 fully saturated rings. The van der Waals surface area contributed by atoms with E-state index in [0.29, 0.717) is 347 Å². The molecule has 104 heavy (non-hydrogen) atoms. The minimum atomic E-state index is -0.146. The molecule has 0 aliphatic carbocycles. The quantitative estimate of drug-likeness (QED) is 0.0565. The molecule has 0 bridgehead atoms. The van der Waals surface area contributed by atoms with Crippen molar-refractivity contribution >= 4 is 46.1 Å². The van der Waals surface area contributed by atoms with E-state index in [4.69, 9.17) is 142 Å². The largest absolute Gasteiger partial charge is 1.00 e. The number of benzene rings is 1. The van der Waals surface area contributed by atoms with Crippen molar-refractivity contribution in [2.45, 2.75) is 78.3 Å². The molecule has 0 aliphatic rings. The van der Waals surface area contributed by atoms with Crippen molar-refractivity contribution in [1.82, 2.24) is 9.88 Å². The number of nitrogens with one attached hydrogen (secondary N) is 1. The molecule has 1 aromatic heterocycles. The van der Waals surface area contributed by atoms with Gasteiger partial charge >= 0.3 is 5.97 Å². The van der Waals surface area contributed by atoms with Crippen LogP contribution in [0.1, 0.15) is 64.1 Å². The van der Waals surface area contributed by atoms with Crippen molar-refractivity contribution in [3.8, 4) is 0 Å². The Bertz CT molecular complexity index is 2160. The topological polar surface area (TPSA) is 286 Å². The standard InChI is InChI=1S/C71H129Cl2N3O27.BrH/c1-4-103-71(78)12-8-6-10-15-76-65(2)75(68-63-66(72)67(73)64-69(68)76)14-9-5-7-11-70(77)74-13-16-80-19-20-82-23-24-84-27-28-86-31-32-88-35-36-90-39-40-92-43-44-94-47-48-96-51-52-98-55-56-100-59-60-102-62-61-101-58-57-99-54-53-97-50-49-95-46-45-93-42-41-91-38-37-89-34-33-87-30-29-85-26-25-83-22-21-81-18-17-79-3;/h63-64H,4-62H2,1-3H3;1H. The second-order valence-electron chi connectivity index (χ2n) is 22.5. The third kappa shape index (κ3) is 64.5. The second-order valence-corrected chi connectivity index (χ2v) is 23.3. The molecule has 0 atom stereocenters. The van der Waals surface area contributed by atoms with E-state index >= 15 is 0 Å². The second kappa shape index (κ2) is 80.3. The summed E-state index contributed by atoms with van der Waals surface area (Å²) >= 11 is 12.9. The van der Waals surface area contributed by atoms with Crippen LogP contribution >= 0.6 is 23.2 Å². The number of aromatic nitrogens is 2. The molecule has 0 saturated heterocycles. The first-order valence-corrected chi connectivity index (χ1v) is 37.7. The molecular formula is C71H130BrCl2N3O27. The normalized spacial score (nSPS) is 11.6. The lowest BCUT2D eigenvalue weighted by Crippen LogP contribution is -3.00. The number of fused-ring (bicyclic) bond motifs is 1. The fourth-order valence-corrected chi connectivity index (χ4v) is 9.45. The number of carbonyl (C=O) groups excluding carboxylic acids is 2. The summed E-state index contributed by atoms with van der Waals surface area (Å²) in [6.45, 7) is 29.2. The number of amides is 1. The Labute approximate surface area is 639 Å². The van der Waals surface area contributed by atoms with Gasteiger partial charge in [0.1, 0.15) is 0 Å². The van der Waals surface area contributed by atoms with Gasteiger partial charge < -0.3 is 141 Å². The van der Waals surface area contributed by atoms with E-state index in [1.165, 1.54) is 0 Å². The van der Waals surface area contributed by atoms with Gasteiger partial charge in [-0.2, -0.15) is 0 Å². The number of hydrogen-bond acceptors (Lipinski definition) is 27. The molecule has 30 nitrogen and oxygen atoms in total. The smallest absolute Gasteiger partial charge is 0.305 e. The molecule has 0 radical (unpaired) electrons. The molecule has 2 rings (SSSR count). The summed E-state index contributed by atoms with van der Waals surface area (Å²) in [5, 5.41) is 3.97. The fourth-order valence-electron chi connectivity index (χ4n) is 9.13. The molecule has 0 spiro atoms. The zero-order valence-electron chi connectivity index (χ0n) is 62.9. The number of nitrogens with zero attached hydrogens (tertiary/aromatic N) is 2. The van der Waals surface area contributed by atoms with Crippen LogP contribution in [-0.2, 0) is 141 Å². The average Bonchev–Trinajstić information content (AvgIpc) is 1.62. The van der Waals surface area contributed by atoms with E-state index in [1.54, 1.807) is 7.11 Å². The highest BCUT2D eigenvalue weighted by Gasteiger charge is 2.23. The Hall–Kier alpha value is -2.27. The predicted molar refractivity (Wildman–Crippen MR) is 384 cm³/mol. The van der Waals surface area contributed by atoms with E-state index in [9.17, 15) is 9.59 Å². The highest BCUT2D eigenvalue weighted by atomic mass is 79.9. The molecule has 1 heterocycles. The van der Waals surface area contributed by atoms with Crippen LogP contribution in [-0.4, -0.2) is 347 Å². The number of imidazole rings is 1. The Balaban J connectivity index is 0.0000541. The number of halogens is 3. The summed E-state index contributed by atoms with van der Waals surface area (Å²) in [6, 6.07) is 3.86. The molecule has 1 aromatic carbocycles.